The van der Waals surface area contributed by atoms with Gasteiger partial charge in [-0.25, -0.2) is 4.98 Å². The molecule has 0 amide bonds. The lowest BCUT2D eigenvalue weighted by molar-refractivity contribution is -0.148. The molecule has 3 N–H and O–H groups in total. The largest absolute Gasteiger partial charge is 0.481 e. The van der Waals surface area contributed by atoms with Crippen LogP contribution >= 0.6 is 11.3 Å². The summed E-state index contributed by atoms with van der Waals surface area (Å²) in [6, 6.07) is 7.84. The Hall–Kier alpha value is -1.46. The highest BCUT2D eigenvalue weighted by Gasteiger charge is 2.37. The molecule has 4 nitrogen and oxygen atoms in total. The van der Waals surface area contributed by atoms with E-state index in [2.05, 4.69) is 4.98 Å². The third-order valence-corrected chi connectivity index (χ3v) is 4.44. The first-order valence-corrected chi connectivity index (χ1v) is 7.21. The molecule has 0 fully saturated rings. The second-order valence-corrected chi connectivity index (χ2v) is 5.91. The molecule has 1 atom stereocenters. The zero-order chi connectivity index (χ0) is 13.9. The van der Waals surface area contributed by atoms with Gasteiger partial charge < -0.3 is 10.8 Å². The average molecular weight is 278 g/mol. The number of rotatable bonds is 6. The molecule has 0 radical (unpaired) electrons. The summed E-state index contributed by atoms with van der Waals surface area (Å²) < 4.78 is 1.09. The number of carboxylic acids is 1. The van der Waals surface area contributed by atoms with Gasteiger partial charge in [0.2, 0.25) is 0 Å². The minimum atomic E-state index is -0.886. The van der Waals surface area contributed by atoms with Crippen molar-refractivity contribution in [2.24, 2.45) is 11.1 Å². The highest BCUT2D eigenvalue weighted by Crippen LogP contribution is 2.32. The number of thiazole rings is 1. The molecule has 5 heteroatoms. The van der Waals surface area contributed by atoms with Crippen LogP contribution in [0.4, 0.5) is 0 Å². The molecule has 1 aromatic carbocycles. The maximum absolute atomic E-state index is 11.6. The van der Waals surface area contributed by atoms with Gasteiger partial charge in [-0.1, -0.05) is 25.5 Å². The number of fused-ring (bicyclic) bond motifs is 1. The van der Waals surface area contributed by atoms with Crippen LogP contribution in [0.1, 0.15) is 24.8 Å². The van der Waals surface area contributed by atoms with Crippen LogP contribution in [0, 0.1) is 5.41 Å². The molecule has 0 saturated carbocycles. The topological polar surface area (TPSA) is 76.2 Å². The number of hydrogen-bond acceptors (Lipinski definition) is 4. The van der Waals surface area contributed by atoms with Gasteiger partial charge in [-0.2, -0.15) is 0 Å². The van der Waals surface area contributed by atoms with E-state index in [9.17, 15) is 9.90 Å². The van der Waals surface area contributed by atoms with Crippen LogP contribution in [0.15, 0.2) is 24.3 Å². The van der Waals surface area contributed by atoms with Gasteiger partial charge in [-0.15, -0.1) is 11.3 Å². The molecule has 1 aromatic heterocycles. The summed E-state index contributed by atoms with van der Waals surface area (Å²) in [5.41, 5.74) is 5.77. The van der Waals surface area contributed by atoms with Gasteiger partial charge in [-0.3, -0.25) is 4.79 Å². The second kappa shape index (κ2) is 5.67. The van der Waals surface area contributed by atoms with E-state index < -0.39 is 11.4 Å². The summed E-state index contributed by atoms with van der Waals surface area (Å²) in [6.45, 7) is 2.12. The number of carbonyl (C=O) groups is 1. The number of benzene rings is 1. The Morgan fingerprint density at radius 2 is 2.21 bits per heavy atom. The predicted molar refractivity (Wildman–Crippen MR) is 77.4 cm³/mol. The van der Waals surface area contributed by atoms with Gasteiger partial charge in [0.15, 0.2) is 0 Å². The summed E-state index contributed by atoms with van der Waals surface area (Å²) in [6.07, 6.45) is 1.79. The number of para-hydroxylation sites is 1. The first kappa shape index (κ1) is 14.0. The van der Waals surface area contributed by atoms with Gasteiger partial charge >= 0.3 is 5.97 Å². The van der Waals surface area contributed by atoms with Crippen LogP contribution in [0.25, 0.3) is 10.2 Å². The van der Waals surface area contributed by atoms with Crippen molar-refractivity contribution in [1.82, 2.24) is 4.98 Å². The lowest BCUT2D eigenvalue weighted by atomic mass is 9.80. The second-order valence-electron chi connectivity index (χ2n) is 4.79. The van der Waals surface area contributed by atoms with Gasteiger partial charge in [0.05, 0.1) is 20.6 Å². The van der Waals surface area contributed by atoms with Crippen LogP contribution in [0.3, 0.4) is 0 Å². The zero-order valence-corrected chi connectivity index (χ0v) is 11.7. The monoisotopic (exact) mass is 278 g/mol. The Bertz CT molecular complexity index is 549. The van der Waals surface area contributed by atoms with Gasteiger partial charge in [0.25, 0.3) is 0 Å². The van der Waals surface area contributed by atoms with E-state index in [4.69, 9.17) is 5.73 Å². The molecular formula is C14H18N2O2S. The summed E-state index contributed by atoms with van der Waals surface area (Å²) in [7, 11) is 0. The number of aliphatic carboxylic acids is 1. The minimum Gasteiger partial charge on any atom is -0.481 e. The smallest absolute Gasteiger partial charge is 0.311 e. The van der Waals surface area contributed by atoms with Gasteiger partial charge in [0, 0.05) is 13.0 Å². The van der Waals surface area contributed by atoms with Crippen molar-refractivity contribution in [3.05, 3.63) is 29.3 Å². The molecule has 0 aliphatic carbocycles. The SMILES string of the molecule is CCCC(CN)(Cc1nc2ccccc2s1)C(=O)O. The minimum absolute atomic E-state index is 0.145. The van der Waals surface area contributed by atoms with Crippen molar-refractivity contribution < 1.29 is 9.90 Å². The molecule has 0 saturated heterocycles. The Labute approximate surface area is 116 Å². The van der Waals surface area contributed by atoms with Crippen LogP contribution in [0.5, 0.6) is 0 Å². The highest BCUT2D eigenvalue weighted by molar-refractivity contribution is 7.18. The average Bonchev–Trinajstić information content (AvgIpc) is 2.79. The van der Waals surface area contributed by atoms with Crippen LogP contribution in [-0.4, -0.2) is 22.6 Å². The third kappa shape index (κ3) is 2.77. The Morgan fingerprint density at radius 3 is 2.79 bits per heavy atom. The van der Waals surface area contributed by atoms with E-state index in [1.165, 1.54) is 0 Å². The number of aromatic nitrogens is 1. The third-order valence-electron chi connectivity index (χ3n) is 3.40. The summed E-state index contributed by atoms with van der Waals surface area (Å²) in [5.74, 6) is -0.823. The number of nitrogens with zero attached hydrogens (tertiary/aromatic N) is 1. The van der Waals surface area contributed by atoms with Crippen molar-refractivity contribution in [2.75, 3.05) is 6.54 Å². The normalized spacial score (nSPS) is 14.4. The Morgan fingerprint density at radius 1 is 1.47 bits per heavy atom. The summed E-state index contributed by atoms with van der Waals surface area (Å²) in [4.78, 5) is 16.1. The molecule has 0 aliphatic rings. The Balaban J connectivity index is 2.32. The van der Waals surface area contributed by atoms with Crippen molar-refractivity contribution in [2.45, 2.75) is 26.2 Å². The van der Waals surface area contributed by atoms with E-state index in [1.54, 1.807) is 11.3 Å². The van der Waals surface area contributed by atoms with Crippen LogP contribution < -0.4 is 5.73 Å². The van der Waals surface area contributed by atoms with E-state index in [-0.39, 0.29) is 6.54 Å². The van der Waals surface area contributed by atoms with E-state index in [0.29, 0.717) is 12.8 Å². The molecule has 2 rings (SSSR count). The van der Waals surface area contributed by atoms with Crippen molar-refractivity contribution in [3.63, 3.8) is 0 Å². The number of hydrogen-bond donors (Lipinski definition) is 2. The molecule has 0 bridgehead atoms. The molecule has 19 heavy (non-hydrogen) atoms. The maximum Gasteiger partial charge on any atom is 0.311 e. The standard InChI is InChI=1S/C14H18N2O2S/c1-2-7-14(9-15,13(17)18)8-12-16-10-5-3-4-6-11(10)19-12/h3-6H,2,7-9,15H2,1H3,(H,17,18). The number of nitrogens with two attached hydrogens (primary N) is 1. The zero-order valence-electron chi connectivity index (χ0n) is 10.9. The van der Waals surface area contributed by atoms with Gasteiger partial charge in [-0.05, 0) is 18.6 Å². The fourth-order valence-electron chi connectivity index (χ4n) is 2.30. The van der Waals surface area contributed by atoms with E-state index in [1.807, 2.05) is 31.2 Å². The fourth-order valence-corrected chi connectivity index (χ4v) is 3.41. The van der Waals surface area contributed by atoms with Gasteiger partial charge in [0.1, 0.15) is 0 Å². The quantitative estimate of drug-likeness (QED) is 0.851. The molecule has 1 heterocycles. The van der Waals surface area contributed by atoms with Crippen molar-refractivity contribution >= 4 is 27.5 Å². The van der Waals surface area contributed by atoms with E-state index >= 15 is 0 Å². The fraction of sp³-hybridized carbons (Fsp3) is 0.429. The molecule has 2 aromatic rings. The first-order valence-electron chi connectivity index (χ1n) is 6.39. The molecule has 102 valence electrons. The van der Waals surface area contributed by atoms with E-state index in [0.717, 1.165) is 21.6 Å². The summed E-state index contributed by atoms with van der Waals surface area (Å²) in [5, 5.41) is 10.3. The molecule has 0 aliphatic heterocycles. The van der Waals surface area contributed by atoms with Crippen molar-refractivity contribution in [1.29, 1.82) is 0 Å². The number of carboxylic acid groups (broad SMARTS) is 1. The van der Waals surface area contributed by atoms with Crippen LogP contribution in [-0.2, 0) is 11.2 Å². The molecule has 1 unspecified atom stereocenters. The Kier molecular flexibility index (Phi) is 4.17. The predicted octanol–water partition coefficient (Wildman–Crippen LogP) is 2.67. The lowest BCUT2D eigenvalue weighted by Gasteiger charge is -2.26. The molecule has 0 spiro atoms. The highest BCUT2D eigenvalue weighted by atomic mass is 32.1. The van der Waals surface area contributed by atoms with Crippen LogP contribution in [0.2, 0.25) is 0 Å². The lowest BCUT2D eigenvalue weighted by Crippen LogP contribution is -2.40. The molecular weight excluding hydrogens is 260 g/mol. The van der Waals surface area contributed by atoms with Crippen molar-refractivity contribution in [3.8, 4) is 0 Å². The summed E-state index contributed by atoms with van der Waals surface area (Å²) >= 11 is 1.55. The maximum atomic E-state index is 11.6. The first-order chi connectivity index (χ1) is 9.11.